The molecule has 0 aliphatic carbocycles. The van der Waals surface area contributed by atoms with Crippen LogP contribution >= 0.6 is 11.6 Å². The van der Waals surface area contributed by atoms with Crippen LogP contribution in [0.2, 0.25) is 5.02 Å². The maximum absolute atomic E-state index is 11.8. The number of amides is 3. The average Bonchev–Trinajstić information content (AvgIpc) is 3.07. The molecule has 4 N–H and O–H groups in total. The zero-order chi connectivity index (χ0) is 16.7. The van der Waals surface area contributed by atoms with E-state index in [-0.39, 0.29) is 18.9 Å². The van der Waals surface area contributed by atoms with E-state index in [9.17, 15) is 14.4 Å². The fraction of sp³-hybridized carbons (Fsp3) is 0.133. The molecular formula is C15H15ClN4O3. The van der Waals surface area contributed by atoms with Gasteiger partial charge < -0.3 is 10.3 Å². The molecule has 0 saturated heterocycles. The number of hydrogen-bond acceptors (Lipinski definition) is 3. The van der Waals surface area contributed by atoms with Gasteiger partial charge in [0.25, 0.3) is 11.8 Å². The summed E-state index contributed by atoms with van der Waals surface area (Å²) in [6, 6.07) is 9.65. The molecule has 8 heteroatoms. The van der Waals surface area contributed by atoms with Gasteiger partial charge in [-0.3, -0.25) is 25.2 Å². The summed E-state index contributed by atoms with van der Waals surface area (Å²) in [4.78, 5) is 37.7. The van der Waals surface area contributed by atoms with E-state index in [2.05, 4.69) is 21.2 Å². The Bertz CT molecular complexity index is 683. The molecule has 120 valence electrons. The third-order valence-corrected chi connectivity index (χ3v) is 3.15. The predicted molar refractivity (Wildman–Crippen MR) is 84.8 cm³/mol. The number of hydrazine groups is 1. The monoisotopic (exact) mass is 334 g/mol. The Morgan fingerprint density at radius 3 is 2.39 bits per heavy atom. The molecule has 3 amide bonds. The Labute approximate surface area is 137 Å². The lowest BCUT2D eigenvalue weighted by Crippen LogP contribution is -2.42. The van der Waals surface area contributed by atoms with Crippen molar-refractivity contribution >= 4 is 29.3 Å². The van der Waals surface area contributed by atoms with Crippen LogP contribution in [-0.2, 0) is 4.79 Å². The first-order valence-electron chi connectivity index (χ1n) is 6.82. The van der Waals surface area contributed by atoms with Crippen molar-refractivity contribution < 1.29 is 14.4 Å². The summed E-state index contributed by atoms with van der Waals surface area (Å²) >= 11 is 5.74. The van der Waals surface area contributed by atoms with Gasteiger partial charge in [-0.25, -0.2) is 0 Å². The summed E-state index contributed by atoms with van der Waals surface area (Å²) < 4.78 is 0. The first-order valence-corrected chi connectivity index (χ1v) is 7.20. The molecule has 0 radical (unpaired) electrons. The van der Waals surface area contributed by atoms with Gasteiger partial charge in [0.2, 0.25) is 5.91 Å². The molecule has 0 aliphatic rings. The fourth-order valence-corrected chi connectivity index (χ4v) is 1.85. The van der Waals surface area contributed by atoms with Gasteiger partial charge in [0.15, 0.2) is 0 Å². The van der Waals surface area contributed by atoms with Gasteiger partial charge in [-0.1, -0.05) is 11.6 Å². The van der Waals surface area contributed by atoms with Gasteiger partial charge >= 0.3 is 0 Å². The quantitative estimate of drug-likeness (QED) is 0.619. The summed E-state index contributed by atoms with van der Waals surface area (Å²) in [7, 11) is 0. The largest absolute Gasteiger partial charge is 0.357 e. The smallest absolute Gasteiger partial charge is 0.286 e. The number of H-pyrrole nitrogens is 1. The summed E-state index contributed by atoms with van der Waals surface area (Å²) in [5.41, 5.74) is 5.32. The van der Waals surface area contributed by atoms with Crippen LogP contribution in [0.5, 0.6) is 0 Å². The molecule has 0 bridgehead atoms. The van der Waals surface area contributed by atoms with Crippen molar-refractivity contribution in [2.75, 3.05) is 6.54 Å². The van der Waals surface area contributed by atoms with Crippen LogP contribution in [0.25, 0.3) is 0 Å². The topological polar surface area (TPSA) is 103 Å². The lowest BCUT2D eigenvalue weighted by molar-refractivity contribution is -0.121. The molecule has 0 atom stereocenters. The minimum atomic E-state index is -0.450. The molecule has 2 rings (SSSR count). The second kappa shape index (κ2) is 8.00. The highest BCUT2D eigenvalue weighted by atomic mass is 35.5. The van der Waals surface area contributed by atoms with Gasteiger partial charge in [-0.2, -0.15) is 0 Å². The van der Waals surface area contributed by atoms with Crippen molar-refractivity contribution in [3.8, 4) is 0 Å². The Kier molecular flexibility index (Phi) is 5.76. The minimum absolute atomic E-state index is 0.0321. The molecule has 23 heavy (non-hydrogen) atoms. The van der Waals surface area contributed by atoms with Crippen molar-refractivity contribution in [1.82, 2.24) is 21.2 Å². The van der Waals surface area contributed by atoms with Gasteiger partial charge in [-0.15, -0.1) is 0 Å². The second-order valence-corrected chi connectivity index (χ2v) is 5.04. The molecule has 7 nitrogen and oxygen atoms in total. The summed E-state index contributed by atoms with van der Waals surface area (Å²) in [5.74, 6) is -1.17. The molecule has 0 saturated carbocycles. The van der Waals surface area contributed by atoms with E-state index >= 15 is 0 Å². The molecule has 0 fully saturated rings. The summed E-state index contributed by atoms with van der Waals surface area (Å²) in [6.45, 7) is 0.145. The molecular weight excluding hydrogens is 320 g/mol. The van der Waals surface area contributed by atoms with E-state index < -0.39 is 11.8 Å². The van der Waals surface area contributed by atoms with E-state index in [4.69, 9.17) is 11.6 Å². The van der Waals surface area contributed by atoms with Crippen LogP contribution in [0, 0.1) is 0 Å². The number of halogens is 1. The summed E-state index contributed by atoms with van der Waals surface area (Å²) in [6.07, 6.45) is 1.63. The number of aromatic nitrogens is 1. The SMILES string of the molecule is O=C(CCNC(=O)c1ccc(Cl)cc1)NNC(=O)c1ccc[nH]1. The lowest BCUT2D eigenvalue weighted by Gasteiger charge is -2.07. The maximum atomic E-state index is 11.8. The van der Waals surface area contributed by atoms with Crippen molar-refractivity contribution in [1.29, 1.82) is 0 Å². The second-order valence-electron chi connectivity index (χ2n) is 4.60. The van der Waals surface area contributed by atoms with Gasteiger partial charge in [0.1, 0.15) is 5.69 Å². The molecule has 1 aromatic carbocycles. The number of carbonyl (C=O) groups is 3. The lowest BCUT2D eigenvalue weighted by atomic mass is 10.2. The first kappa shape index (κ1) is 16.6. The molecule has 1 aromatic heterocycles. The molecule has 0 aliphatic heterocycles. The number of benzene rings is 1. The Hall–Kier alpha value is -2.80. The first-order chi connectivity index (χ1) is 11.1. The van der Waals surface area contributed by atoms with E-state index in [1.807, 2.05) is 0 Å². The minimum Gasteiger partial charge on any atom is -0.357 e. The van der Waals surface area contributed by atoms with E-state index in [1.54, 1.807) is 42.6 Å². The van der Waals surface area contributed by atoms with Gasteiger partial charge in [0, 0.05) is 29.7 Å². The van der Waals surface area contributed by atoms with Crippen LogP contribution < -0.4 is 16.2 Å². The predicted octanol–water partition coefficient (Wildman–Crippen LogP) is 1.25. The molecule has 2 aromatic rings. The average molecular weight is 335 g/mol. The van der Waals surface area contributed by atoms with E-state index in [0.717, 1.165) is 0 Å². The number of carbonyl (C=O) groups excluding carboxylic acids is 3. The maximum Gasteiger partial charge on any atom is 0.286 e. The van der Waals surface area contributed by atoms with E-state index in [1.165, 1.54) is 0 Å². The van der Waals surface area contributed by atoms with Crippen LogP contribution in [0.1, 0.15) is 27.3 Å². The Balaban J connectivity index is 1.67. The fourth-order valence-electron chi connectivity index (χ4n) is 1.72. The highest BCUT2D eigenvalue weighted by molar-refractivity contribution is 6.30. The Morgan fingerprint density at radius 1 is 1.00 bits per heavy atom. The van der Waals surface area contributed by atoms with Crippen molar-refractivity contribution in [2.24, 2.45) is 0 Å². The van der Waals surface area contributed by atoms with E-state index in [0.29, 0.717) is 16.3 Å². The molecule has 0 unspecified atom stereocenters. The third kappa shape index (κ3) is 5.15. The zero-order valence-electron chi connectivity index (χ0n) is 12.1. The molecule has 0 spiro atoms. The third-order valence-electron chi connectivity index (χ3n) is 2.90. The summed E-state index contributed by atoms with van der Waals surface area (Å²) in [5, 5.41) is 3.14. The number of hydrogen-bond donors (Lipinski definition) is 4. The highest BCUT2D eigenvalue weighted by Crippen LogP contribution is 2.09. The Morgan fingerprint density at radius 2 is 1.74 bits per heavy atom. The van der Waals surface area contributed by atoms with Crippen LogP contribution in [0.4, 0.5) is 0 Å². The van der Waals surface area contributed by atoms with Crippen molar-refractivity contribution in [3.63, 3.8) is 0 Å². The van der Waals surface area contributed by atoms with Crippen LogP contribution in [-0.4, -0.2) is 29.3 Å². The van der Waals surface area contributed by atoms with Crippen LogP contribution in [0.3, 0.4) is 0 Å². The standard InChI is InChI=1S/C15H15ClN4O3/c16-11-5-3-10(4-6-11)14(22)18-9-7-13(21)19-20-15(23)12-2-1-8-17-12/h1-6,8,17H,7,9H2,(H,18,22)(H,19,21)(H,20,23). The number of rotatable bonds is 5. The van der Waals surface area contributed by atoms with Crippen molar-refractivity contribution in [2.45, 2.75) is 6.42 Å². The van der Waals surface area contributed by atoms with Crippen LogP contribution in [0.15, 0.2) is 42.6 Å². The number of nitrogens with one attached hydrogen (secondary N) is 4. The number of aromatic amines is 1. The van der Waals surface area contributed by atoms with Gasteiger partial charge in [0.05, 0.1) is 0 Å². The highest BCUT2D eigenvalue weighted by Gasteiger charge is 2.09. The normalized spacial score (nSPS) is 9.96. The zero-order valence-corrected chi connectivity index (χ0v) is 12.8. The molecule has 1 heterocycles. The van der Waals surface area contributed by atoms with Crippen molar-refractivity contribution in [3.05, 3.63) is 58.9 Å². The van der Waals surface area contributed by atoms with Gasteiger partial charge in [-0.05, 0) is 36.4 Å².